The third kappa shape index (κ3) is 3.80. The lowest BCUT2D eigenvalue weighted by molar-refractivity contribution is 0.604. The van der Waals surface area contributed by atoms with Crippen LogP contribution in [0.15, 0.2) is 61.3 Å². The molecule has 0 saturated heterocycles. The minimum Gasteiger partial charge on any atom is -0.397 e. The molecule has 5 aromatic rings. The Morgan fingerprint density at radius 2 is 2.06 bits per heavy atom. The zero-order valence-electron chi connectivity index (χ0n) is 16.2. The first kappa shape index (κ1) is 19.1. The maximum atomic E-state index is 14.6. The van der Waals surface area contributed by atoms with Crippen molar-refractivity contribution in [3.05, 3.63) is 67.1 Å². The summed E-state index contributed by atoms with van der Waals surface area (Å²) in [4.78, 5) is 13.2. The molecule has 0 amide bonds. The highest BCUT2D eigenvalue weighted by Crippen LogP contribution is 2.40. The number of thiophene rings is 1. The summed E-state index contributed by atoms with van der Waals surface area (Å²) >= 11 is 1.47. The van der Waals surface area contributed by atoms with Crippen LogP contribution in [0, 0.1) is 5.82 Å². The van der Waals surface area contributed by atoms with Gasteiger partial charge in [-0.3, -0.25) is 9.67 Å². The number of benzene rings is 1. The molecule has 0 spiro atoms. The molecular weight excluding hydrogens is 415 g/mol. The fourth-order valence-electron chi connectivity index (χ4n) is 3.30. The topological polar surface area (TPSA) is 107 Å². The third-order valence-electron chi connectivity index (χ3n) is 4.76. The molecule has 0 bridgehead atoms. The first-order valence-corrected chi connectivity index (χ1v) is 10.3. The Labute approximate surface area is 180 Å². The number of nitrogens with zero attached hydrogens (tertiary/aromatic N) is 6. The van der Waals surface area contributed by atoms with Gasteiger partial charge >= 0.3 is 0 Å². The number of halogens is 1. The molecule has 0 unspecified atom stereocenters. The fraction of sp³-hybridized carbons (Fsp3) is 0.0952. The minimum absolute atomic E-state index is 0.258. The molecule has 10 heteroatoms. The second kappa shape index (κ2) is 8.07. The fourth-order valence-corrected chi connectivity index (χ4v) is 4.48. The van der Waals surface area contributed by atoms with Gasteiger partial charge in [0.15, 0.2) is 5.82 Å². The van der Waals surface area contributed by atoms with Crippen molar-refractivity contribution in [1.29, 1.82) is 0 Å². The van der Waals surface area contributed by atoms with Gasteiger partial charge < -0.3 is 11.1 Å². The van der Waals surface area contributed by atoms with Crippen LogP contribution < -0.4 is 11.1 Å². The van der Waals surface area contributed by atoms with Gasteiger partial charge in [0.25, 0.3) is 0 Å². The highest BCUT2D eigenvalue weighted by Gasteiger charge is 2.16. The predicted octanol–water partition coefficient (Wildman–Crippen LogP) is 3.85. The molecule has 1 aromatic carbocycles. The van der Waals surface area contributed by atoms with Gasteiger partial charge in [0.1, 0.15) is 5.69 Å². The van der Waals surface area contributed by atoms with Crippen LogP contribution in [0.1, 0.15) is 0 Å². The summed E-state index contributed by atoms with van der Waals surface area (Å²) in [6, 6.07) is 9.77. The van der Waals surface area contributed by atoms with Gasteiger partial charge in [0.05, 0.1) is 35.7 Å². The first-order chi connectivity index (χ1) is 15.2. The van der Waals surface area contributed by atoms with Gasteiger partial charge in [-0.1, -0.05) is 23.4 Å². The normalized spacial score (nSPS) is 11.1. The molecule has 0 saturated carbocycles. The summed E-state index contributed by atoms with van der Waals surface area (Å²) in [6.45, 7) is 1.13. The monoisotopic (exact) mass is 432 g/mol. The van der Waals surface area contributed by atoms with Gasteiger partial charge in [-0.25, -0.2) is 14.4 Å². The Morgan fingerprint density at radius 1 is 1.13 bits per heavy atom. The van der Waals surface area contributed by atoms with Crippen LogP contribution in [0.3, 0.4) is 0 Å². The highest BCUT2D eigenvalue weighted by molar-refractivity contribution is 7.22. The Kier molecular flexibility index (Phi) is 4.97. The molecule has 4 heterocycles. The molecule has 4 aromatic heterocycles. The summed E-state index contributed by atoms with van der Waals surface area (Å²) in [5, 5.41) is 11.8. The van der Waals surface area contributed by atoms with Gasteiger partial charge in [0, 0.05) is 34.8 Å². The van der Waals surface area contributed by atoms with E-state index in [9.17, 15) is 4.39 Å². The molecule has 0 radical (unpaired) electrons. The Morgan fingerprint density at radius 3 is 2.90 bits per heavy atom. The lowest BCUT2D eigenvalue weighted by Gasteiger charge is -2.07. The van der Waals surface area contributed by atoms with Crippen LogP contribution in [0.2, 0.25) is 0 Å². The summed E-state index contributed by atoms with van der Waals surface area (Å²) in [7, 11) is 0. The second-order valence-electron chi connectivity index (χ2n) is 6.78. The highest BCUT2D eigenvalue weighted by atomic mass is 32.1. The van der Waals surface area contributed by atoms with Crippen LogP contribution in [-0.2, 0) is 6.54 Å². The summed E-state index contributed by atoms with van der Waals surface area (Å²) in [6.07, 6.45) is 7.90. The van der Waals surface area contributed by atoms with Crippen LogP contribution in [-0.4, -0.2) is 36.5 Å². The number of aromatic nitrogens is 6. The van der Waals surface area contributed by atoms with E-state index in [1.165, 1.54) is 17.5 Å². The SMILES string of the molecule is Nc1cnccc1-c1cccc2cc(-c3nc(NCCn4ccnn4)ncc3F)sc12. The maximum Gasteiger partial charge on any atom is 0.223 e. The van der Waals surface area contributed by atoms with Gasteiger partial charge in [-0.2, -0.15) is 0 Å². The Bertz CT molecular complexity index is 1350. The van der Waals surface area contributed by atoms with E-state index in [0.717, 1.165) is 21.2 Å². The Balaban J connectivity index is 1.48. The molecule has 0 atom stereocenters. The van der Waals surface area contributed by atoms with Crippen molar-refractivity contribution in [2.24, 2.45) is 0 Å². The average Bonchev–Trinajstić information content (AvgIpc) is 3.45. The smallest absolute Gasteiger partial charge is 0.223 e. The van der Waals surface area contributed by atoms with Crippen molar-refractivity contribution in [2.45, 2.75) is 6.54 Å². The lowest BCUT2D eigenvalue weighted by atomic mass is 10.0. The standard InChI is InChI=1S/C21H17FN8S/c22-16-11-26-21(25-6-8-30-9-7-27-29-30)28-19(16)18-10-13-2-1-3-15(20(13)31-18)14-4-5-24-12-17(14)23/h1-5,7,9-12H,6,8,23H2,(H,25,26,28). The molecule has 0 aliphatic carbocycles. The summed E-state index contributed by atoms with van der Waals surface area (Å²) in [5.74, 6) is -0.120. The number of nitrogens with two attached hydrogens (primary N) is 1. The minimum atomic E-state index is -0.474. The number of anilines is 2. The number of fused-ring (bicyclic) bond motifs is 1. The second-order valence-corrected chi connectivity index (χ2v) is 7.83. The molecule has 8 nitrogen and oxygen atoms in total. The molecule has 0 fully saturated rings. The van der Waals surface area contributed by atoms with Crippen molar-refractivity contribution in [3.8, 4) is 21.7 Å². The van der Waals surface area contributed by atoms with Crippen molar-refractivity contribution >= 4 is 33.1 Å². The Hall–Kier alpha value is -3.92. The van der Waals surface area contributed by atoms with Crippen molar-refractivity contribution in [2.75, 3.05) is 17.6 Å². The number of pyridine rings is 1. The van der Waals surface area contributed by atoms with E-state index in [2.05, 4.69) is 30.6 Å². The summed E-state index contributed by atoms with van der Waals surface area (Å²) in [5.41, 5.74) is 8.86. The van der Waals surface area contributed by atoms with E-state index in [4.69, 9.17) is 5.73 Å². The van der Waals surface area contributed by atoms with E-state index >= 15 is 0 Å². The van der Waals surface area contributed by atoms with Crippen molar-refractivity contribution < 1.29 is 4.39 Å². The van der Waals surface area contributed by atoms with Crippen LogP contribution in [0.25, 0.3) is 31.8 Å². The quantitative estimate of drug-likeness (QED) is 0.420. The van der Waals surface area contributed by atoms with Gasteiger partial charge in [-0.15, -0.1) is 16.4 Å². The van der Waals surface area contributed by atoms with Crippen molar-refractivity contribution in [1.82, 2.24) is 29.9 Å². The van der Waals surface area contributed by atoms with Crippen LogP contribution in [0.5, 0.6) is 0 Å². The average molecular weight is 432 g/mol. The molecule has 31 heavy (non-hydrogen) atoms. The van der Waals surface area contributed by atoms with E-state index in [-0.39, 0.29) is 5.69 Å². The number of nitrogens with one attached hydrogen (secondary N) is 1. The zero-order valence-corrected chi connectivity index (χ0v) is 17.1. The summed E-state index contributed by atoms with van der Waals surface area (Å²) < 4.78 is 17.3. The number of nitrogen functional groups attached to an aromatic ring is 1. The van der Waals surface area contributed by atoms with Gasteiger partial charge in [0.2, 0.25) is 5.95 Å². The molecule has 3 N–H and O–H groups in total. The van der Waals surface area contributed by atoms with E-state index in [1.807, 2.05) is 30.3 Å². The van der Waals surface area contributed by atoms with E-state index in [1.54, 1.807) is 29.5 Å². The van der Waals surface area contributed by atoms with Crippen molar-refractivity contribution in [3.63, 3.8) is 0 Å². The maximum absolute atomic E-state index is 14.6. The zero-order chi connectivity index (χ0) is 21.2. The largest absolute Gasteiger partial charge is 0.397 e. The number of rotatable bonds is 6. The molecule has 0 aliphatic heterocycles. The van der Waals surface area contributed by atoms with Gasteiger partial charge in [-0.05, 0) is 17.5 Å². The third-order valence-corrected chi connectivity index (χ3v) is 5.95. The molecular formula is C21H17FN8S. The van der Waals surface area contributed by atoms with E-state index in [0.29, 0.717) is 29.6 Å². The number of hydrogen-bond acceptors (Lipinski definition) is 8. The lowest BCUT2D eigenvalue weighted by Crippen LogP contribution is -2.13. The molecule has 154 valence electrons. The number of hydrogen-bond donors (Lipinski definition) is 2. The molecule has 0 aliphatic rings. The van der Waals surface area contributed by atoms with Crippen LogP contribution in [0.4, 0.5) is 16.0 Å². The molecule has 5 rings (SSSR count). The van der Waals surface area contributed by atoms with E-state index < -0.39 is 5.82 Å². The predicted molar refractivity (Wildman–Crippen MR) is 119 cm³/mol. The van der Waals surface area contributed by atoms with Crippen LogP contribution >= 0.6 is 11.3 Å². The first-order valence-electron chi connectivity index (χ1n) is 9.52.